The number of anilines is 1. The fourth-order valence-electron chi connectivity index (χ4n) is 2.01. The summed E-state index contributed by atoms with van der Waals surface area (Å²) in [6.07, 6.45) is 0. The molecule has 1 amide bonds. The van der Waals surface area contributed by atoms with Crippen molar-refractivity contribution in [3.05, 3.63) is 27.7 Å². The molecule has 1 aromatic carbocycles. The Labute approximate surface area is 109 Å². The molecule has 0 spiro atoms. The van der Waals surface area contributed by atoms with Gasteiger partial charge in [-0.15, -0.1) is 0 Å². The smallest absolute Gasteiger partial charge is 0.254 e. The van der Waals surface area contributed by atoms with Gasteiger partial charge in [0.25, 0.3) is 5.91 Å². The molecule has 5 heteroatoms. The molecule has 1 aliphatic rings. The Morgan fingerprint density at radius 2 is 2.12 bits per heavy atom. The molecule has 4 nitrogen and oxygen atoms in total. The van der Waals surface area contributed by atoms with E-state index in [0.717, 1.165) is 10.0 Å². The largest absolute Gasteiger partial charge is 0.398 e. The molecule has 1 aromatic rings. The first-order valence-electron chi connectivity index (χ1n) is 5.37. The van der Waals surface area contributed by atoms with Crippen LogP contribution in [0.3, 0.4) is 0 Å². The highest BCUT2D eigenvalue weighted by molar-refractivity contribution is 9.10. The van der Waals surface area contributed by atoms with Crippen LogP contribution in [0.25, 0.3) is 0 Å². The molecule has 3 N–H and O–H groups in total. The summed E-state index contributed by atoms with van der Waals surface area (Å²) >= 11 is 3.33. The number of rotatable bonds is 1. The van der Waals surface area contributed by atoms with Crippen LogP contribution >= 0.6 is 15.9 Å². The van der Waals surface area contributed by atoms with Gasteiger partial charge in [0.2, 0.25) is 0 Å². The van der Waals surface area contributed by atoms with Crippen LogP contribution in [0, 0.1) is 6.92 Å². The zero-order valence-electron chi connectivity index (χ0n) is 9.83. The Morgan fingerprint density at radius 3 is 2.65 bits per heavy atom. The maximum Gasteiger partial charge on any atom is 0.254 e. The number of benzene rings is 1. The Balaban J connectivity index is 2.26. The first-order chi connectivity index (χ1) is 7.80. The Kier molecular flexibility index (Phi) is 2.91. The number of β-amino-alcohol motifs (C(OH)–C–C–N with tert-alkyl or cyclic N) is 1. The Hall–Kier alpha value is -1.07. The van der Waals surface area contributed by atoms with Crippen molar-refractivity contribution in [2.24, 2.45) is 0 Å². The molecule has 1 heterocycles. The van der Waals surface area contributed by atoms with Crippen molar-refractivity contribution >= 4 is 27.5 Å². The van der Waals surface area contributed by atoms with Crippen molar-refractivity contribution < 1.29 is 9.90 Å². The van der Waals surface area contributed by atoms with Crippen LogP contribution in [0.1, 0.15) is 22.8 Å². The van der Waals surface area contributed by atoms with Crippen LogP contribution in [-0.2, 0) is 0 Å². The van der Waals surface area contributed by atoms with Crippen molar-refractivity contribution in [1.29, 1.82) is 0 Å². The van der Waals surface area contributed by atoms with E-state index < -0.39 is 5.60 Å². The lowest BCUT2D eigenvalue weighted by molar-refractivity contribution is -0.0669. The quantitative estimate of drug-likeness (QED) is 0.773. The van der Waals surface area contributed by atoms with Gasteiger partial charge in [0.15, 0.2) is 0 Å². The summed E-state index contributed by atoms with van der Waals surface area (Å²) < 4.78 is 0.788. The van der Waals surface area contributed by atoms with Crippen LogP contribution in [0.5, 0.6) is 0 Å². The highest BCUT2D eigenvalue weighted by Crippen LogP contribution is 2.27. The van der Waals surface area contributed by atoms with Gasteiger partial charge >= 0.3 is 0 Å². The number of nitrogen functional groups attached to an aromatic ring is 1. The maximum atomic E-state index is 12.2. The lowest BCUT2D eigenvalue weighted by Gasteiger charge is -2.44. The fourth-order valence-corrected chi connectivity index (χ4v) is 2.49. The van der Waals surface area contributed by atoms with Gasteiger partial charge in [0, 0.05) is 15.7 Å². The third-order valence-electron chi connectivity index (χ3n) is 2.99. The van der Waals surface area contributed by atoms with E-state index in [0.29, 0.717) is 24.3 Å². The maximum absolute atomic E-state index is 12.2. The van der Waals surface area contributed by atoms with E-state index in [1.54, 1.807) is 24.0 Å². The minimum Gasteiger partial charge on any atom is -0.398 e. The van der Waals surface area contributed by atoms with E-state index in [1.807, 2.05) is 6.92 Å². The molecule has 92 valence electrons. The van der Waals surface area contributed by atoms with E-state index in [4.69, 9.17) is 5.73 Å². The molecular formula is C12H15BrN2O2. The van der Waals surface area contributed by atoms with Crippen LogP contribution in [0.2, 0.25) is 0 Å². The number of carbonyl (C=O) groups excluding carboxylic acids is 1. The Morgan fingerprint density at radius 1 is 1.53 bits per heavy atom. The normalized spacial score (nSPS) is 17.8. The molecule has 0 aromatic heterocycles. The third-order valence-corrected chi connectivity index (χ3v) is 3.45. The topological polar surface area (TPSA) is 66.6 Å². The highest BCUT2D eigenvalue weighted by Gasteiger charge is 2.40. The molecule has 0 radical (unpaired) electrons. The molecule has 0 unspecified atom stereocenters. The van der Waals surface area contributed by atoms with Gasteiger partial charge in [0.05, 0.1) is 18.7 Å². The first-order valence-corrected chi connectivity index (χ1v) is 6.17. The Bertz CT molecular complexity index is 478. The monoisotopic (exact) mass is 298 g/mol. The lowest BCUT2D eigenvalue weighted by Crippen LogP contribution is -2.61. The summed E-state index contributed by atoms with van der Waals surface area (Å²) in [6, 6.07) is 3.54. The number of halogens is 1. The van der Waals surface area contributed by atoms with Crippen LogP contribution in [-0.4, -0.2) is 34.6 Å². The van der Waals surface area contributed by atoms with Crippen molar-refractivity contribution in [1.82, 2.24) is 4.90 Å². The number of carbonyl (C=O) groups is 1. The number of nitrogens with zero attached hydrogens (tertiary/aromatic N) is 1. The van der Waals surface area contributed by atoms with Gasteiger partial charge in [-0.05, 0) is 31.5 Å². The van der Waals surface area contributed by atoms with E-state index in [2.05, 4.69) is 15.9 Å². The second-order valence-corrected chi connectivity index (χ2v) is 5.74. The van der Waals surface area contributed by atoms with E-state index in [9.17, 15) is 9.90 Å². The van der Waals surface area contributed by atoms with Gasteiger partial charge < -0.3 is 15.7 Å². The number of hydrogen-bond acceptors (Lipinski definition) is 3. The second-order valence-electron chi connectivity index (χ2n) is 4.83. The van der Waals surface area contributed by atoms with Gasteiger partial charge in [-0.2, -0.15) is 0 Å². The predicted molar refractivity (Wildman–Crippen MR) is 69.8 cm³/mol. The molecule has 1 aliphatic heterocycles. The zero-order chi connectivity index (χ0) is 12.8. The molecule has 1 saturated heterocycles. The number of hydrogen-bond donors (Lipinski definition) is 2. The number of aliphatic hydroxyl groups is 1. The average molecular weight is 299 g/mol. The fraction of sp³-hybridized carbons (Fsp3) is 0.417. The van der Waals surface area contributed by atoms with Crippen molar-refractivity contribution in [3.8, 4) is 0 Å². The summed E-state index contributed by atoms with van der Waals surface area (Å²) in [6.45, 7) is 4.29. The van der Waals surface area contributed by atoms with Gasteiger partial charge in [-0.1, -0.05) is 15.9 Å². The number of likely N-dealkylation sites (tertiary alicyclic amines) is 1. The molecule has 0 aliphatic carbocycles. The van der Waals surface area contributed by atoms with Crippen molar-refractivity contribution in [3.63, 3.8) is 0 Å². The van der Waals surface area contributed by atoms with E-state index >= 15 is 0 Å². The molecule has 0 atom stereocenters. The summed E-state index contributed by atoms with van der Waals surface area (Å²) in [5, 5.41) is 9.63. The summed E-state index contributed by atoms with van der Waals surface area (Å²) in [5.74, 6) is -0.0815. The van der Waals surface area contributed by atoms with E-state index in [1.165, 1.54) is 0 Å². The highest BCUT2D eigenvalue weighted by atomic mass is 79.9. The summed E-state index contributed by atoms with van der Waals surface area (Å²) in [5.41, 5.74) is 7.04. The average Bonchev–Trinajstić information content (AvgIpc) is 2.18. The van der Waals surface area contributed by atoms with Crippen molar-refractivity contribution in [2.75, 3.05) is 18.8 Å². The SMILES string of the molecule is Cc1c(N)cc(Br)cc1C(=O)N1CC(C)(O)C1. The van der Waals surface area contributed by atoms with Crippen LogP contribution < -0.4 is 5.73 Å². The summed E-state index contributed by atoms with van der Waals surface area (Å²) in [4.78, 5) is 13.8. The predicted octanol–water partition coefficient (Wildman–Crippen LogP) is 1.55. The van der Waals surface area contributed by atoms with Crippen LogP contribution in [0.15, 0.2) is 16.6 Å². The molecule has 2 rings (SSSR count). The molecule has 0 bridgehead atoms. The minimum absolute atomic E-state index is 0.0815. The van der Waals surface area contributed by atoms with Gasteiger partial charge in [-0.25, -0.2) is 0 Å². The molecule has 17 heavy (non-hydrogen) atoms. The van der Waals surface area contributed by atoms with Gasteiger partial charge in [0.1, 0.15) is 0 Å². The molecular weight excluding hydrogens is 284 g/mol. The van der Waals surface area contributed by atoms with Crippen molar-refractivity contribution in [2.45, 2.75) is 19.4 Å². The number of amides is 1. The van der Waals surface area contributed by atoms with E-state index in [-0.39, 0.29) is 5.91 Å². The van der Waals surface area contributed by atoms with Gasteiger partial charge in [-0.3, -0.25) is 4.79 Å². The lowest BCUT2D eigenvalue weighted by atomic mass is 9.95. The first kappa shape index (κ1) is 12.4. The minimum atomic E-state index is -0.749. The second kappa shape index (κ2) is 3.99. The standard InChI is InChI=1S/C12H15BrN2O2/c1-7-9(3-8(13)4-10(7)14)11(16)15-5-12(2,17)6-15/h3-4,17H,5-6,14H2,1-2H3. The molecule has 0 saturated carbocycles. The number of nitrogens with two attached hydrogens (primary N) is 1. The summed E-state index contributed by atoms with van der Waals surface area (Å²) in [7, 11) is 0. The van der Waals surface area contributed by atoms with Crippen LogP contribution in [0.4, 0.5) is 5.69 Å². The molecule has 1 fully saturated rings. The third kappa shape index (κ3) is 2.30. The zero-order valence-corrected chi connectivity index (χ0v) is 11.4.